The number of hydrogen-bond acceptors (Lipinski definition) is 3. The first-order chi connectivity index (χ1) is 9.63. The predicted molar refractivity (Wildman–Crippen MR) is 78.2 cm³/mol. The van der Waals surface area contributed by atoms with Crippen LogP contribution < -0.4 is 0 Å². The van der Waals surface area contributed by atoms with E-state index in [9.17, 15) is 4.39 Å². The summed E-state index contributed by atoms with van der Waals surface area (Å²) in [6.45, 7) is 2.42. The van der Waals surface area contributed by atoms with Crippen LogP contribution in [0.15, 0.2) is 36.7 Å². The van der Waals surface area contributed by atoms with Gasteiger partial charge in [-0.25, -0.2) is 9.07 Å². The van der Waals surface area contributed by atoms with Gasteiger partial charge in [0.25, 0.3) is 0 Å². The van der Waals surface area contributed by atoms with Crippen molar-refractivity contribution in [2.75, 3.05) is 0 Å². The van der Waals surface area contributed by atoms with Gasteiger partial charge in [-0.05, 0) is 25.1 Å². The van der Waals surface area contributed by atoms with Crippen LogP contribution in [0.1, 0.15) is 23.0 Å². The van der Waals surface area contributed by atoms with E-state index in [0.29, 0.717) is 6.54 Å². The van der Waals surface area contributed by atoms with Gasteiger partial charge in [-0.1, -0.05) is 27.2 Å². The first kappa shape index (κ1) is 13.2. The van der Waals surface area contributed by atoms with E-state index >= 15 is 0 Å². The molecule has 0 N–H and O–H groups in total. The average Bonchev–Trinajstić information content (AvgIpc) is 2.87. The number of nitrogens with zero attached hydrogens (tertiary/aromatic N) is 4. The number of hydrogen-bond donors (Lipinski definition) is 0. The Morgan fingerprint density at radius 2 is 2.25 bits per heavy atom. The summed E-state index contributed by atoms with van der Waals surface area (Å²) < 4.78 is 15.3. The van der Waals surface area contributed by atoms with Gasteiger partial charge >= 0.3 is 0 Å². The van der Waals surface area contributed by atoms with E-state index in [0.717, 1.165) is 22.2 Å². The van der Waals surface area contributed by atoms with Gasteiger partial charge in [-0.3, -0.25) is 4.98 Å². The molecule has 1 unspecified atom stereocenters. The van der Waals surface area contributed by atoms with E-state index in [2.05, 4.69) is 31.2 Å². The van der Waals surface area contributed by atoms with Crippen LogP contribution in [0.25, 0.3) is 10.9 Å². The second kappa shape index (κ2) is 5.28. The standard InChI is InChI=1S/C14H12BrFN4/c1-9(15)13-8-20(19-18-13)7-11-6-12(16)5-10-3-2-4-17-14(10)11/h2-6,8-9H,7H2,1H3. The maximum Gasteiger partial charge on any atom is 0.124 e. The number of halogens is 2. The van der Waals surface area contributed by atoms with E-state index in [1.54, 1.807) is 16.9 Å². The Kier molecular flexibility index (Phi) is 3.48. The van der Waals surface area contributed by atoms with E-state index in [1.807, 2.05) is 19.2 Å². The lowest BCUT2D eigenvalue weighted by Gasteiger charge is -2.06. The highest BCUT2D eigenvalue weighted by Gasteiger charge is 2.09. The molecular formula is C14H12BrFN4. The number of rotatable bonds is 3. The van der Waals surface area contributed by atoms with Gasteiger partial charge in [0.2, 0.25) is 0 Å². The minimum absolute atomic E-state index is 0.138. The molecule has 0 aliphatic rings. The van der Waals surface area contributed by atoms with Crippen LogP contribution in [0.5, 0.6) is 0 Å². The summed E-state index contributed by atoms with van der Waals surface area (Å²) in [5.74, 6) is -0.269. The summed E-state index contributed by atoms with van der Waals surface area (Å²) >= 11 is 3.44. The summed E-state index contributed by atoms with van der Waals surface area (Å²) in [4.78, 5) is 4.46. The molecular weight excluding hydrogens is 323 g/mol. The van der Waals surface area contributed by atoms with Crippen molar-refractivity contribution in [3.05, 3.63) is 53.7 Å². The molecule has 3 rings (SSSR count). The topological polar surface area (TPSA) is 43.6 Å². The number of fused-ring (bicyclic) bond motifs is 1. The Morgan fingerprint density at radius 3 is 3.00 bits per heavy atom. The van der Waals surface area contributed by atoms with Crippen molar-refractivity contribution in [1.82, 2.24) is 20.0 Å². The molecule has 0 bridgehead atoms. The zero-order chi connectivity index (χ0) is 14.1. The Hall–Kier alpha value is -1.82. The van der Waals surface area contributed by atoms with Crippen LogP contribution >= 0.6 is 15.9 Å². The fourth-order valence-corrected chi connectivity index (χ4v) is 2.31. The van der Waals surface area contributed by atoms with Crippen molar-refractivity contribution < 1.29 is 4.39 Å². The summed E-state index contributed by atoms with van der Waals surface area (Å²) in [5.41, 5.74) is 2.43. The molecule has 0 aliphatic carbocycles. The third kappa shape index (κ3) is 2.56. The maximum absolute atomic E-state index is 13.7. The van der Waals surface area contributed by atoms with Gasteiger partial charge in [0.05, 0.1) is 22.6 Å². The molecule has 0 fully saturated rings. The fourth-order valence-electron chi connectivity index (χ4n) is 2.10. The Balaban J connectivity index is 2.01. The molecule has 0 spiro atoms. The zero-order valence-electron chi connectivity index (χ0n) is 10.8. The molecule has 1 aromatic carbocycles. The molecule has 0 amide bonds. The lowest BCUT2D eigenvalue weighted by atomic mass is 10.1. The quantitative estimate of drug-likeness (QED) is 0.689. The van der Waals surface area contributed by atoms with Gasteiger partial charge in [0.15, 0.2) is 0 Å². The third-order valence-electron chi connectivity index (χ3n) is 3.04. The SMILES string of the molecule is CC(Br)c1cn(Cc2cc(F)cc3cccnc23)nn1. The molecule has 6 heteroatoms. The lowest BCUT2D eigenvalue weighted by molar-refractivity contribution is 0.617. The molecule has 1 atom stereocenters. The van der Waals surface area contributed by atoms with Crippen LogP contribution in [0.4, 0.5) is 4.39 Å². The van der Waals surface area contributed by atoms with Crippen molar-refractivity contribution >= 4 is 26.8 Å². The highest BCUT2D eigenvalue weighted by atomic mass is 79.9. The van der Waals surface area contributed by atoms with Crippen molar-refractivity contribution in [3.8, 4) is 0 Å². The Bertz CT molecular complexity index is 754. The second-order valence-corrected chi connectivity index (χ2v) is 5.97. The zero-order valence-corrected chi connectivity index (χ0v) is 12.4. The van der Waals surface area contributed by atoms with Gasteiger partial charge in [0, 0.05) is 23.3 Å². The van der Waals surface area contributed by atoms with Crippen LogP contribution in [-0.4, -0.2) is 20.0 Å². The van der Waals surface area contributed by atoms with Crippen LogP contribution in [0, 0.1) is 5.82 Å². The van der Waals surface area contributed by atoms with E-state index in [4.69, 9.17) is 0 Å². The van der Waals surface area contributed by atoms with Crippen molar-refractivity contribution in [1.29, 1.82) is 0 Å². The minimum Gasteiger partial charge on any atom is -0.256 e. The largest absolute Gasteiger partial charge is 0.256 e. The van der Waals surface area contributed by atoms with E-state index in [-0.39, 0.29) is 10.6 Å². The first-order valence-electron chi connectivity index (χ1n) is 6.21. The highest BCUT2D eigenvalue weighted by Crippen LogP contribution is 2.21. The summed E-state index contributed by atoms with van der Waals surface area (Å²) in [7, 11) is 0. The maximum atomic E-state index is 13.7. The van der Waals surface area contributed by atoms with Crippen LogP contribution in [0.3, 0.4) is 0 Å². The van der Waals surface area contributed by atoms with Crippen molar-refractivity contribution in [3.63, 3.8) is 0 Å². The molecule has 4 nitrogen and oxygen atoms in total. The van der Waals surface area contributed by atoms with Gasteiger partial charge < -0.3 is 0 Å². The summed E-state index contributed by atoms with van der Waals surface area (Å²) in [6, 6.07) is 6.63. The van der Waals surface area contributed by atoms with Crippen molar-refractivity contribution in [2.45, 2.75) is 18.3 Å². The predicted octanol–water partition coefficient (Wildman–Crippen LogP) is 3.47. The number of alkyl halides is 1. The molecule has 2 heterocycles. The molecule has 0 saturated carbocycles. The third-order valence-corrected chi connectivity index (χ3v) is 3.51. The lowest BCUT2D eigenvalue weighted by Crippen LogP contribution is -2.02. The second-order valence-electron chi connectivity index (χ2n) is 4.60. The molecule has 2 aromatic heterocycles. The molecule has 0 saturated heterocycles. The van der Waals surface area contributed by atoms with Gasteiger partial charge in [0.1, 0.15) is 5.82 Å². The number of aromatic nitrogens is 4. The first-order valence-corrected chi connectivity index (χ1v) is 7.12. The van der Waals surface area contributed by atoms with E-state index < -0.39 is 0 Å². The summed E-state index contributed by atoms with van der Waals surface area (Å²) in [6.07, 6.45) is 3.55. The smallest absolute Gasteiger partial charge is 0.124 e. The van der Waals surface area contributed by atoms with Gasteiger partial charge in [-0.2, -0.15) is 0 Å². The average molecular weight is 335 g/mol. The van der Waals surface area contributed by atoms with Crippen LogP contribution in [-0.2, 0) is 6.54 Å². The minimum atomic E-state index is -0.269. The molecule has 0 radical (unpaired) electrons. The van der Waals surface area contributed by atoms with E-state index in [1.165, 1.54) is 12.1 Å². The van der Waals surface area contributed by atoms with Gasteiger partial charge in [-0.15, -0.1) is 5.10 Å². The highest BCUT2D eigenvalue weighted by molar-refractivity contribution is 9.09. The molecule has 20 heavy (non-hydrogen) atoms. The molecule has 3 aromatic rings. The normalized spacial score (nSPS) is 12.8. The monoisotopic (exact) mass is 334 g/mol. The summed E-state index contributed by atoms with van der Waals surface area (Å²) in [5, 5.41) is 8.91. The van der Waals surface area contributed by atoms with Crippen LogP contribution in [0.2, 0.25) is 0 Å². The fraction of sp³-hybridized carbons (Fsp3) is 0.214. The number of pyridine rings is 1. The Labute approximate surface area is 123 Å². The number of benzene rings is 1. The molecule has 102 valence electrons. The molecule has 0 aliphatic heterocycles. The van der Waals surface area contributed by atoms with Crippen molar-refractivity contribution in [2.24, 2.45) is 0 Å². The Morgan fingerprint density at radius 1 is 1.40 bits per heavy atom.